The first kappa shape index (κ1) is 16.9. The van der Waals surface area contributed by atoms with E-state index in [9.17, 15) is 0 Å². The summed E-state index contributed by atoms with van der Waals surface area (Å²) < 4.78 is 7.52. The molecule has 0 aliphatic carbocycles. The maximum absolute atomic E-state index is 5.51. The molecule has 4 aromatic rings. The lowest BCUT2D eigenvalue weighted by atomic mass is 10.2. The summed E-state index contributed by atoms with van der Waals surface area (Å²) in [6.07, 6.45) is 1.83. The number of piperazine rings is 1. The van der Waals surface area contributed by atoms with E-state index in [1.807, 2.05) is 47.1 Å². The highest BCUT2D eigenvalue weighted by Crippen LogP contribution is 2.28. The minimum Gasteiger partial charge on any atom is -0.495 e. The van der Waals surface area contributed by atoms with Crippen LogP contribution in [0, 0.1) is 0 Å². The summed E-state index contributed by atoms with van der Waals surface area (Å²) in [5.41, 5.74) is 2.97. The normalized spacial score (nSPS) is 15.4. The summed E-state index contributed by atoms with van der Waals surface area (Å²) in [6, 6.07) is 16.2. The Bertz CT molecular complexity index is 1120. The molecule has 0 saturated carbocycles. The van der Waals surface area contributed by atoms with Gasteiger partial charge in [0.25, 0.3) is 0 Å². The number of ether oxygens (including phenoxy) is 1. The van der Waals surface area contributed by atoms with E-state index >= 15 is 0 Å². The molecule has 0 radical (unpaired) electrons. The Hall–Kier alpha value is -3.19. The molecule has 1 saturated heterocycles. The Kier molecular flexibility index (Phi) is 4.29. The Balaban J connectivity index is 1.32. The van der Waals surface area contributed by atoms with Gasteiger partial charge in [0.2, 0.25) is 0 Å². The van der Waals surface area contributed by atoms with E-state index in [1.54, 1.807) is 7.11 Å². The molecule has 1 fully saturated rings. The van der Waals surface area contributed by atoms with Gasteiger partial charge in [-0.25, -0.2) is 4.98 Å². The number of hydrogen-bond donors (Lipinski definition) is 0. The summed E-state index contributed by atoms with van der Waals surface area (Å²) in [6.45, 7) is 4.61. The zero-order valence-corrected chi connectivity index (χ0v) is 15.8. The minimum absolute atomic E-state index is 0.765. The lowest BCUT2D eigenvalue weighted by molar-refractivity contribution is 0.242. The quantitative estimate of drug-likeness (QED) is 0.547. The maximum atomic E-state index is 5.51. The number of rotatable bonds is 4. The molecule has 7 nitrogen and oxygen atoms in total. The lowest BCUT2D eigenvalue weighted by Crippen LogP contribution is -2.46. The van der Waals surface area contributed by atoms with Crippen LogP contribution in [0.25, 0.3) is 16.6 Å². The molecular weight excluding hydrogens is 352 g/mol. The molecule has 0 unspecified atom stereocenters. The number of anilines is 1. The Morgan fingerprint density at radius 3 is 2.57 bits per heavy atom. The fourth-order valence-electron chi connectivity index (χ4n) is 3.87. The molecule has 0 amide bonds. The van der Waals surface area contributed by atoms with Crippen LogP contribution in [0.2, 0.25) is 0 Å². The van der Waals surface area contributed by atoms with Crippen molar-refractivity contribution < 1.29 is 4.74 Å². The maximum Gasteiger partial charge on any atom is 0.171 e. The van der Waals surface area contributed by atoms with Crippen molar-refractivity contribution in [1.29, 1.82) is 0 Å². The van der Waals surface area contributed by atoms with E-state index in [4.69, 9.17) is 4.74 Å². The van der Waals surface area contributed by atoms with Crippen molar-refractivity contribution in [3.8, 4) is 5.75 Å². The third kappa shape index (κ3) is 2.93. The van der Waals surface area contributed by atoms with Crippen molar-refractivity contribution >= 4 is 22.2 Å². The molecule has 3 heterocycles. The summed E-state index contributed by atoms with van der Waals surface area (Å²) in [4.78, 5) is 9.34. The van der Waals surface area contributed by atoms with Crippen LogP contribution in [0.15, 0.2) is 54.9 Å². The van der Waals surface area contributed by atoms with Crippen molar-refractivity contribution in [2.75, 3.05) is 38.2 Å². The lowest BCUT2D eigenvalue weighted by Gasteiger charge is -2.36. The highest BCUT2D eigenvalue weighted by Gasteiger charge is 2.21. The molecule has 0 atom stereocenters. The number of methoxy groups -OCH3 is 1. The standard InChI is InChI=1S/C21H22N6O/c1-28-19-9-5-4-8-18(19)26-12-10-25(11-13-26)14-20-23-24-21-16-6-2-3-7-17(16)22-15-27(20)21/h2-9,15H,10-14H2,1H3. The van der Waals surface area contributed by atoms with Gasteiger partial charge in [0.15, 0.2) is 11.5 Å². The van der Waals surface area contributed by atoms with E-state index in [-0.39, 0.29) is 0 Å². The third-order valence-corrected chi connectivity index (χ3v) is 5.39. The summed E-state index contributed by atoms with van der Waals surface area (Å²) in [5.74, 6) is 1.86. The first-order valence-electron chi connectivity index (χ1n) is 9.51. The summed E-state index contributed by atoms with van der Waals surface area (Å²) >= 11 is 0. The van der Waals surface area contributed by atoms with Gasteiger partial charge in [-0.05, 0) is 24.3 Å². The Morgan fingerprint density at radius 2 is 1.71 bits per heavy atom. The second-order valence-electron chi connectivity index (χ2n) is 7.01. The van der Waals surface area contributed by atoms with Gasteiger partial charge in [0.05, 0.1) is 24.9 Å². The van der Waals surface area contributed by atoms with E-state index in [1.165, 1.54) is 0 Å². The molecule has 0 bridgehead atoms. The van der Waals surface area contributed by atoms with Gasteiger partial charge in [0, 0.05) is 31.6 Å². The van der Waals surface area contributed by atoms with Crippen molar-refractivity contribution in [2.24, 2.45) is 0 Å². The fourth-order valence-corrected chi connectivity index (χ4v) is 3.87. The van der Waals surface area contributed by atoms with Gasteiger partial charge >= 0.3 is 0 Å². The van der Waals surface area contributed by atoms with Gasteiger partial charge in [-0.3, -0.25) is 9.30 Å². The number of benzene rings is 2. The average Bonchev–Trinajstić information content (AvgIpc) is 3.17. The minimum atomic E-state index is 0.765. The molecular formula is C21H22N6O. The number of fused-ring (bicyclic) bond motifs is 3. The highest BCUT2D eigenvalue weighted by atomic mass is 16.5. The molecule has 5 rings (SSSR count). The van der Waals surface area contributed by atoms with Gasteiger partial charge in [-0.2, -0.15) is 0 Å². The molecule has 0 N–H and O–H groups in total. The van der Waals surface area contributed by atoms with Crippen LogP contribution in [0.1, 0.15) is 5.82 Å². The van der Waals surface area contributed by atoms with Crippen LogP contribution in [0.5, 0.6) is 5.75 Å². The fraction of sp³-hybridized carbons (Fsp3) is 0.286. The van der Waals surface area contributed by atoms with Crippen molar-refractivity contribution in [1.82, 2.24) is 24.5 Å². The van der Waals surface area contributed by atoms with Crippen molar-refractivity contribution in [2.45, 2.75) is 6.54 Å². The second-order valence-corrected chi connectivity index (χ2v) is 7.01. The topological polar surface area (TPSA) is 58.8 Å². The number of hydrogen-bond acceptors (Lipinski definition) is 6. The first-order valence-corrected chi connectivity index (χ1v) is 9.51. The van der Waals surface area contributed by atoms with Crippen LogP contribution in [-0.4, -0.2) is 57.8 Å². The van der Waals surface area contributed by atoms with Crippen molar-refractivity contribution in [3.05, 3.63) is 60.7 Å². The Labute approximate surface area is 163 Å². The molecule has 0 spiro atoms. The Morgan fingerprint density at radius 1 is 0.929 bits per heavy atom. The molecule has 2 aromatic carbocycles. The largest absolute Gasteiger partial charge is 0.495 e. The highest BCUT2D eigenvalue weighted by molar-refractivity contribution is 5.90. The predicted molar refractivity (Wildman–Crippen MR) is 109 cm³/mol. The summed E-state index contributed by atoms with van der Waals surface area (Å²) in [7, 11) is 1.73. The third-order valence-electron chi connectivity index (χ3n) is 5.39. The van der Waals surface area contributed by atoms with Gasteiger partial charge in [-0.1, -0.05) is 24.3 Å². The average molecular weight is 374 g/mol. The zero-order chi connectivity index (χ0) is 18.9. The molecule has 2 aromatic heterocycles. The van der Waals surface area contributed by atoms with Crippen LogP contribution in [0.4, 0.5) is 5.69 Å². The van der Waals surface area contributed by atoms with Gasteiger partial charge in [0.1, 0.15) is 12.1 Å². The predicted octanol–water partition coefficient (Wildman–Crippen LogP) is 2.61. The smallest absolute Gasteiger partial charge is 0.171 e. The van der Waals surface area contributed by atoms with E-state index < -0.39 is 0 Å². The van der Waals surface area contributed by atoms with Crippen LogP contribution in [-0.2, 0) is 6.54 Å². The summed E-state index contributed by atoms with van der Waals surface area (Å²) in [5, 5.41) is 9.89. The van der Waals surface area contributed by atoms with Crippen LogP contribution in [0.3, 0.4) is 0 Å². The SMILES string of the molecule is COc1ccccc1N1CCN(Cc2nnc3c4ccccc4ncn23)CC1. The van der Waals surface area contributed by atoms with Crippen LogP contribution >= 0.6 is 0 Å². The van der Waals surface area contributed by atoms with Crippen LogP contribution < -0.4 is 9.64 Å². The first-order chi connectivity index (χ1) is 13.8. The number of para-hydroxylation sites is 3. The van der Waals surface area contributed by atoms with Gasteiger partial charge in [-0.15, -0.1) is 10.2 Å². The van der Waals surface area contributed by atoms with Gasteiger partial charge < -0.3 is 9.64 Å². The second kappa shape index (κ2) is 7.09. The molecule has 1 aliphatic rings. The zero-order valence-electron chi connectivity index (χ0n) is 15.8. The number of nitrogens with zero attached hydrogens (tertiary/aromatic N) is 6. The van der Waals surface area contributed by atoms with E-state index in [2.05, 4.69) is 37.1 Å². The van der Waals surface area contributed by atoms with E-state index in [0.717, 1.165) is 66.5 Å². The van der Waals surface area contributed by atoms with Crippen molar-refractivity contribution in [3.63, 3.8) is 0 Å². The molecule has 1 aliphatic heterocycles. The molecule has 28 heavy (non-hydrogen) atoms. The number of aromatic nitrogens is 4. The monoisotopic (exact) mass is 374 g/mol. The molecule has 7 heteroatoms. The molecule has 142 valence electrons. The van der Waals surface area contributed by atoms with E-state index in [0.29, 0.717) is 0 Å².